The number of nitriles is 1. The van der Waals surface area contributed by atoms with Gasteiger partial charge in [0.15, 0.2) is 4.34 Å². The van der Waals surface area contributed by atoms with E-state index in [1.165, 1.54) is 35.9 Å². The van der Waals surface area contributed by atoms with Crippen LogP contribution in [0, 0.1) is 32.1 Å². The summed E-state index contributed by atoms with van der Waals surface area (Å²) in [5, 5.41) is 21.4. The van der Waals surface area contributed by atoms with Crippen molar-refractivity contribution in [2.75, 3.05) is 11.1 Å². The van der Waals surface area contributed by atoms with Gasteiger partial charge in [0.05, 0.1) is 11.3 Å². The number of nitrogens with one attached hydrogen (secondary N) is 1. The molecule has 6 nitrogen and oxygen atoms in total. The van der Waals surface area contributed by atoms with Crippen LogP contribution in [-0.2, 0) is 4.79 Å². The summed E-state index contributed by atoms with van der Waals surface area (Å²) in [7, 11) is 0. The fourth-order valence-corrected chi connectivity index (χ4v) is 4.95. The smallest absolute Gasteiger partial charge is 0.235 e. The SMILES string of the molecule is Cc1nnc(SCC(=O)Nc2c(C#N)c(C)c(C)n2C2CCCC2)s1. The van der Waals surface area contributed by atoms with Crippen molar-refractivity contribution in [3.8, 4) is 6.07 Å². The Kier molecular flexibility index (Phi) is 5.45. The summed E-state index contributed by atoms with van der Waals surface area (Å²) in [4.78, 5) is 12.5. The number of rotatable bonds is 5. The van der Waals surface area contributed by atoms with Crippen molar-refractivity contribution in [2.24, 2.45) is 0 Å². The van der Waals surface area contributed by atoms with Gasteiger partial charge in [-0.25, -0.2) is 0 Å². The molecule has 1 fully saturated rings. The maximum atomic E-state index is 12.5. The Labute approximate surface area is 155 Å². The minimum absolute atomic E-state index is 0.119. The summed E-state index contributed by atoms with van der Waals surface area (Å²) in [5.74, 6) is 0.794. The van der Waals surface area contributed by atoms with Crippen LogP contribution in [-0.4, -0.2) is 26.4 Å². The van der Waals surface area contributed by atoms with Crippen molar-refractivity contribution in [1.82, 2.24) is 14.8 Å². The van der Waals surface area contributed by atoms with Crippen LogP contribution in [0.2, 0.25) is 0 Å². The van der Waals surface area contributed by atoms with Gasteiger partial charge in [0.1, 0.15) is 16.9 Å². The molecule has 0 spiro atoms. The van der Waals surface area contributed by atoms with Crippen LogP contribution in [0.3, 0.4) is 0 Å². The van der Waals surface area contributed by atoms with Gasteiger partial charge in [0, 0.05) is 11.7 Å². The highest BCUT2D eigenvalue weighted by atomic mass is 32.2. The molecule has 3 rings (SSSR count). The summed E-state index contributed by atoms with van der Waals surface area (Å²) >= 11 is 2.85. The van der Waals surface area contributed by atoms with Crippen LogP contribution in [0.5, 0.6) is 0 Å². The fraction of sp³-hybridized carbons (Fsp3) is 0.529. The number of hydrogen-bond donors (Lipinski definition) is 1. The Hall–Kier alpha value is -1.85. The number of carbonyl (C=O) groups excluding carboxylic acids is 1. The predicted octanol–water partition coefficient (Wildman–Crippen LogP) is 3.98. The maximum absolute atomic E-state index is 12.5. The molecule has 1 saturated carbocycles. The number of aromatic nitrogens is 3. The Bertz CT molecular complexity index is 827. The summed E-state index contributed by atoms with van der Waals surface area (Å²) in [6.45, 7) is 5.87. The molecule has 1 aliphatic rings. The second-order valence-corrected chi connectivity index (χ2v) is 8.68. The first-order chi connectivity index (χ1) is 12.0. The average molecular weight is 376 g/mol. The number of anilines is 1. The lowest BCUT2D eigenvalue weighted by molar-refractivity contribution is -0.113. The van der Waals surface area contributed by atoms with Crippen LogP contribution in [0.25, 0.3) is 0 Å². The largest absolute Gasteiger partial charge is 0.327 e. The van der Waals surface area contributed by atoms with E-state index in [4.69, 9.17) is 0 Å². The van der Waals surface area contributed by atoms with E-state index in [1.54, 1.807) is 0 Å². The zero-order chi connectivity index (χ0) is 18.0. The van der Waals surface area contributed by atoms with Crippen molar-refractivity contribution >= 4 is 34.8 Å². The number of hydrogen-bond acceptors (Lipinski definition) is 6. The van der Waals surface area contributed by atoms with Gasteiger partial charge >= 0.3 is 0 Å². The van der Waals surface area contributed by atoms with Gasteiger partial charge in [-0.15, -0.1) is 10.2 Å². The zero-order valence-corrected chi connectivity index (χ0v) is 16.3. The Morgan fingerprint density at radius 1 is 1.36 bits per heavy atom. The average Bonchev–Trinajstić information content (AvgIpc) is 3.29. The van der Waals surface area contributed by atoms with E-state index in [9.17, 15) is 10.1 Å². The van der Waals surface area contributed by atoms with Crippen LogP contribution in [0.4, 0.5) is 5.82 Å². The van der Waals surface area contributed by atoms with Gasteiger partial charge in [-0.3, -0.25) is 4.79 Å². The van der Waals surface area contributed by atoms with Crippen molar-refractivity contribution in [3.63, 3.8) is 0 Å². The lowest BCUT2D eigenvalue weighted by Crippen LogP contribution is -2.19. The molecule has 1 amide bonds. The van der Waals surface area contributed by atoms with E-state index >= 15 is 0 Å². The summed E-state index contributed by atoms with van der Waals surface area (Å²) in [5.41, 5.74) is 2.61. The number of carbonyl (C=O) groups is 1. The van der Waals surface area contributed by atoms with E-state index in [0.717, 1.165) is 33.4 Å². The standard InChI is InChI=1S/C17H21N5OS2/c1-10-11(2)22(13-6-4-5-7-13)16(14(10)8-18)19-15(23)9-24-17-21-20-12(3)25-17/h13H,4-7,9H2,1-3H3,(H,19,23). The molecule has 2 heterocycles. The summed E-state index contributed by atoms with van der Waals surface area (Å²) in [6, 6.07) is 2.64. The van der Waals surface area contributed by atoms with E-state index in [1.807, 2.05) is 20.8 Å². The number of amides is 1. The molecule has 0 bridgehead atoms. The molecule has 0 saturated heterocycles. The van der Waals surface area contributed by atoms with Gasteiger partial charge in [0.25, 0.3) is 0 Å². The van der Waals surface area contributed by atoms with Crippen molar-refractivity contribution in [2.45, 2.75) is 56.8 Å². The zero-order valence-electron chi connectivity index (χ0n) is 14.6. The van der Waals surface area contributed by atoms with Crippen molar-refractivity contribution in [1.29, 1.82) is 5.26 Å². The number of thioether (sulfide) groups is 1. The first-order valence-corrected chi connectivity index (χ1v) is 10.2. The van der Waals surface area contributed by atoms with Crippen LogP contribution >= 0.6 is 23.1 Å². The molecule has 25 heavy (non-hydrogen) atoms. The molecule has 0 atom stereocenters. The molecule has 2 aromatic heterocycles. The van der Waals surface area contributed by atoms with Crippen molar-refractivity contribution in [3.05, 3.63) is 21.8 Å². The lowest BCUT2D eigenvalue weighted by atomic mass is 10.2. The van der Waals surface area contributed by atoms with Crippen LogP contribution in [0.1, 0.15) is 53.6 Å². The van der Waals surface area contributed by atoms with Gasteiger partial charge in [0.2, 0.25) is 5.91 Å². The Morgan fingerprint density at radius 3 is 2.68 bits per heavy atom. The Balaban J connectivity index is 1.79. The quantitative estimate of drug-likeness (QED) is 0.799. The Morgan fingerprint density at radius 2 is 2.08 bits per heavy atom. The predicted molar refractivity (Wildman–Crippen MR) is 100 cm³/mol. The molecule has 8 heteroatoms. The van der Waals surface area contributed by atoms with E-state index < -0.39 is 0 Å². The molecule has 0 aliphatic heterocycles. The van der Waals surface area contributed by atoms with Gasteiger partial charge in [-0.1, -0.05) is 35.9 Å². The first kappa shape index (κ1) is 18.0. The summed E-state index contributed by atoms with van der Waals surface area (Å²) < 4.78 is 2.95. The highest BCUT2D eigenvalue weighted by molar-refractivity contribution is 8.01. The third kappa shape index (κ3) is 3.72. The molecule has 132 valence electrons. The van der Waals surface area contributed by atoms with E-state index in [0.29, 0.717) is 17.4 Å². The molecular formula is C17H21N5OS2. The fourth-order valence-electron chi connectivity index (χ4n) is 3.34. The minimum atomic E-state index is -0.119. The van der Waals surface area contributed by atoms with E-state index in [2.05, 4.69) is 26.2 Å². The van der Waals surface area contributed by atoms with Gasteiger partial charge in [-0.05, 0) is 39.2 Å². The molecule has 0 radical (unpaired) electrons. The highest BCUT2D eigenvalue weighted by Crippen LogP contribution is 2.37. The normalized spacial score (nSPS) is 14.6. The first-order valence-electron chi connectivity index (χ1n) is 8.35. The molecule has 1 aliphatic carbocycles. The van der Waals surface area contributed by atoms with Crippen LogP contribution in [0.15, 0.2) is 4.34 Å². The van der Waals surface area contributed by atoms with Crippen LogP contribution < -0.4 is 5.32 Å². The third-order valence-electron chi connectivity index (χ3n) is 4.65. The number of nitrogens with zero attached hydrogens (tertiary/aromatic N) is 4. The molecular weight excluding hydrogens is 354 g/mol. The second kappa shape index (κ2) is 7.58. The molecule has 1 N–H and O–H groups in total. The molecule has 2 aromatic rings. The maximum Gasteiger partial charge on any atom is 0.235 e. The lowest BCUT2D eigenvalue weighted by Gasteiger charge is -2.19. The second-order valence-electron chi connectivity index (χ2n) is 6.28. The third-order valence-corrected chi connectivity index (χ3v) is 6.62. The molecule has 0 aromatic carbocycles. The van der Waals surface area contributed by atoms with Crippen molar-refractivity contribution < 1.29 is 4.79 Å². The monoisotopic (exact) mass is 375 g/mol. The van der Waals surface area contributed by atoms with Gasteiger partial charge in [-0.2, -0.15) is 5.26 Å². The van der Waals surface area contributed by atoms with E-state index in [-0.39, 0.29) is 11.7 Å². The van der Waals surface area contributed by atoms with Gasteiger partial charge < -0.3 is 9.88 Å². The molecule has 0 unspecified atom stereocenters. The minimum Gasteiger partial charge on any atom is -0.327 e. The topological polar surface area (TPSA) is 83.6 Å². The highest BCUT2D eigenvalue weighted by Gasteiger charge is 2.26. The number of aryl methyl sites for hydroxylation is 1. The summed E-state index contributed by atoms with van der Waals surface area (Å²) in [6.07, 6.45) is 4.59.